The number of nitrogens with one attached hydrogen (secondary N) is 1. The zero-order valence-electron chi connectivity index (χ0n) is 13.9. The van der Waals surface area contributed by atoms with Crippen molar-refractivity contribution >= 4 is 17.4 Å². The van der Waals surface area contributed by atoms with Crippen LogP contribution in [0.15, 0.2) is 47.4 Å². The minimum absolute atomic E-state index is 0.351. The van der Waals surface area contributed by atoms with Crippen LogP contribution < -0.4 is 5.32 Å². The minimum Gasteiger partial charge on any atom is -0.508 e. The molecule has 0 spiro atoms. The molecule has 2 aromatic rings. The monoisotopic (exact) mass is 337 g/mol. The molecule has 1 heterocycles. The average Bonchev–Trinajstić information content (AvgIpc) is 3.23. The Balaban J connectivity index is 1.62. The van der Waals surface area contributed by atoms with Crippen LogP contribution in [0.4, 0.5) is 5.69 Å². The van der Waals surface area contributed by atoms with Crippen molar-refractivity contribution in [3.8, 4) is 5.75 Å². The first kappa shape index (κ1) is 14.7. The number of thioether (sulfide) groups is 1. The lowest BCUT2D eigenvalue weighted by molar-refractivity contribution is 0.247. The Hall–Kier alpha value is -1.61. The van der Waals surface area contributed by atoms with E-state index in [0.717, 1.165) is 11.8 Å². The maximum Gasteiger partial charge on any atom is 0.115 e. The molecule has 2 nitrogen and oxygen atoms in total. The fourth-order valence-corrected chi connectivity index (χ4v) is 6.05. The van der Waals surface area contributed by atoms with Crippen LogP contribution in [-0.4, -0.2) is 11.4 Å². The van der Waals surface area contributed by atoms with Crippen molar-refractivity contribution in [1.82, 2.24) is 0 Å². The first-order valence-corrected chi connectivity index (χ1v) is 10.2. The average molecular weight is 337 g/mol. The van der Waals surface area contributed by atoms with Crippen molar-refractivity contribution in [2.24, 2.45) is 17.8 Å². The summed E-state index contributed by atoms with van der Waals surface area (Å²) in [5.74, 6) is 3.45. The molecule has 5 atom stereocenters. The summed E-state index contributed by atoms with van der Waals surface area (Å²) in [5, 5.41) is 13.5. The summed E-state index contributed by atoms with van der Waals surface area (Å²) < 4.78 is 0. The second-order valence-electron chi connectivity index (χ2n) is 7.60. The Kier molecular flexibility index (Phi) is 3.34. The van der Waals surface area contributed by atoms with E-state index in [1.165, 1.54) is 35.4 Å². The van der Waals surface area contributed by atoms with Gasteiger partial charge in [0.15, 0.2) is 0 Å². The highest BCUT2D eigenvalue weighted by atomic mass is 32.2. The van der Waals surface area contributed by atoms with Gasteiger partial charge in [-0.05, 0) is 90.6 Å². The summed E-state index contributed by atoms with van der Waals surface area (Å²) in [6.07, 6.45) is 6.35. The van der Waals surface area contributed by atoms with E-state index in [9.17, 15) is 5.11 Å². The number of rotatable bonds is 2. The third-order valence-electron chi connectivity index (χ3n) is 6.55. The third kappa shape index (κ3) is 2.10. The quantitative estimate of drug-likeness (QED) is 0.719. The lowest BCUT2D eigenvalue weighted by Gasteiger charge is -2.43. The van der Waals surface area contributed by atoms with Crippen LogP contribution in [0.5, 0.6) is 5.75 Å². The van der Waals surface area contributed by atoms with Gasteiger partial charge in [-0.3, -0.25) is 0 Å². The number of aromatic hydroxyl groups is 1. The van der Waals surface area contributed by atoms with Crippen LogP contribution in [0.2, 0.25) is 0 Å². The molecule has 5 rings (SSSR count). The van der Waals surface area contributed by atoms with Crippen molar-refractivity contribution in [2.45, 2.75) is 36.1 Å². The number of hydrogen-bond acceptors (Lipinski definition) is 3. The van der Waals surface area contributed by atoms with E-state index in [-0.39, 0.29) is 0 Å². The maximum atomic E-state index is 9.64. The summed E-state index contributed by atoms with van der Waals surface area (Å²) in [4.78, 5) is 1.38. The van der Waals surface area contributed by atoms with E-state index in [1.54, 1.807) is 5.56 Å². The molecule has 0 aromatic heterocycles. The summed E-state index contributed by atoms with van der Waals surface area (Å²) >= 11 is 1.84. The molecule has 0 radical (unpaired) electrons. The molecule has 0 amide bonds. The van der Waals surface area contributed by atoms with Crippen molar-refractivity contribution in [1.29, 1.82) is 0 Å². The summed E-state index contributed by atoms with van der Waals surface area (Å²) in [7, 11) is 0. The molecule has 24 heavy (non-hydrogen) atoms. The van der Waals surface area contributed by atoms with Gasteiger partial charge >= 0.3 is 0 Å². The molecule has 124 valence electrons. The van der Waals surface area contributed by atoms with Gasteiger partial charge in [-0.25, -0.2) is 0 Å². The number of fused-ring (bicyclic) bond motifs is 7. The van der Waals surface area contributed by atoms with Crippen molar-refractivity contribution in [3.63, 3.8) is 0 Å². The molecule has 0 unspecified atom stereocenters. The largest absolute Gasteiger partial charge is 0.508 e. The van der Waals surface area contributed by atoms with Gasteiger partial charge in [-0.15, -0.1) is 11.8 Å². The lowest BCUT2D eigenvalue weighted by atomic mass is 9.68. The Morgan fingerprint density at radius 2 is 1.83 bits per heavy atom. The molecule has 2 saturated carbocycles. The van der Waals surface area contributed by atoms with Gasteiger partial charge in [-0.1, -0.05) is 12.1 Å². The van der Waals surface area contributed by atoms with E-state index in [2.05, 4.69) is 41.9 Å². The Labute approximate surface area is 147 Å². The predicted octanol–water partition coefficient (Wildman–Crippen LogP) is 5.41. The second-order valence-corrected chi connectivity index (χ2v) is 8.48. The van der Waals surface area contributed by atoms with E-state index in [1.807, 2.05) is 23.9 Å². The molecule has 3 aliphatic rings. The molecule has 2 N–H and O–H groups in total. The number of hydrogen-bond donors (Lipinski definition) is 2. The molecule has 2 aromatic carbocycles. The van der Waals surface area contributed by atoms with Crippen molar-refractivity contribution in [3.05, 3.63) is 53.6 Å². The smallest absolute Gasteiger partial charge is 0.115 e. The summed E-state index contributed by atoms with van der Waals surface area (Å²) in [6, 6.07) is 15.2. The number of benzene rings is 2. The van der Waals surface area contributed by atoms with Crippen LogP contribution in [0.25, 0.3) is 0 Å². The fraction of sp³-hybridized carbons (Fsp3) is 0.429. The van der Waals surface area contributed by atoms with Crippen molar-refractivity contribution < 1.29 is 5.11 Å². The van der Waals surface area contributed by atoms with Crippen molar-refractivity contribution in [2.75, 3.05) is 11.6 Å². The van der Waals surface area contributed by atoms with Crippen LogP contribution in [0.3, 0.4) is 0 Å². The van der Waals surface area contributed by atoms with Gasteiger partial charge in [0.1, 0.15) is 5.75 Å². The molecule has 1 aliphatic heterocycles. The summed E-state index contributed by atoms with van der Waals surface area (Å²) in [5.41, 5.74) is 4.18. The Morgan fingerprint density at radius 3 is 2.62 bits per heavy atom. The number of phenols is 1. The third-order valence-corrected chi connectivity index (χ3v) is 7.27. The molecule has 0 saturated heterocycles. The molecular formula is C21H23NOS. The standard InChI is InChI=1S/C21H23NOS/c1-24-16-8-9-18-17(11-16)19-13-2-3-14(10-13)20(19)21(22-18)12-4-6-15(23)7-5-12/h4-9,11,13-14,19-23H,2-3,10H2,1H3/t13-,14+,19-,20-,21+/m1/s1. The zero-order chi connectivity index (χ0) is 16.3. The van der Waals surface area contributed by atoms with E-state index in [0.29, 0.717) is 23.6 Å². The molecule has 2 bridgehead atoms. The van der Waals surface area contributed by atoms with Crippen LogP contribution in [0, 0.1) is 17.8 Å². The van der Waals surface area contributed by atoms with Gasteiger partial charge in [-0.2, -0.15) is 0 Å². The highest BCUT2D eigenvalue weighted by molar-refractivity contribution is 7.98. The Morgan fingerprint density at radius 1 is 1.04 bits per heavy atom. The SMILES string of the molecule is CSc1ccc2c(c1)[C@H]1[C@@H]3CC[C@@H](C3)[C@H]1[C@H](c1ccc(O)cc1)N2. The number of phenolic OH excluding ortho intramolecular Hbond substituents is 1. The molecular weight excluding hydrogens is 314 g/mol. The summed E-state index contributed by atoms with van der Waals surface area (Å²) in [6.45, 7) is 0. The highest BCUT2D eigenvalue weighted by Crippen LogP contribution is 2.63. The highest BCUT2D eigenvalue weighted by Gasteiger charge is 2.53. The Bertz CT molecular complexity index is 772. The van der Waals surface area contributed by atoms with E-state index >= 15 is 0 Å². The zero-order valence-corrected chi connectivity index (χ0v) is 14.7. The molecule has 2 aliphatic carbocycles. The first-order chi connectivity index (χ1) is 11.7. The van der Waals surface area contributed by atoms with Gasteiger partial charge < -0.3 is 10.4 Å². The topological polar surface area (TPSA) is 32.3 Å². The van der Waals surface area contributed by atoms with Crippen LogP contribution in [0.1, 0.15) is 42.3 Å². The van der Waals surface area contributed by atoms with Gasteiger partial charge in [0, 0.05) is 10.6 Å². The second kappa shape index (κ2) is 5.45. The maximum absolute atomic E-state index is 9.64. The normalized spacial score (nSPS) is 33.0. The number of anilines is 1. The minimum atomic E-state index is 0.351. The van der Waals surface area contributed by atoms with E-state index in [4.69, 9.17) is 0 Å². The fourth-order valence-electron chi connectivity index (χ4n) is 5.60. The van der Waals surface area contributed by atoms with Crippen LogP contribution in [-0.2, 0) is 0 Å². The van der Waals surface area contributed by atoms with Crippen LogP contribution >= 0.6 is 11.8 Å². The molecule has 2 fully saturated rings. The van der Waals surface area contributed by atoms with E-state index < -0.39 is 0 Å². The lowest BCUT2D eigenvalue weighted by Crippen LogP contribution is -2.35. The van der Waals surface area contributed by atoms with Gasteiger partial charge in [0.2, 0.25) is 0 Å². The van der Waals surface area contributed by atoms with Gasteiger partial charge in [0.05, 0.1) is 6.04 Å². The molecule has 3 heteroatoms. The first-order valence-electron chi connectivity index (χ1n) is 8.98. The van der Waals surface area contributed by atoms with Gasteiger partial charge in [0.25, 0.3) is 0 Å². The predicted molar refractivity (Wildman–Crippen MR) is 99.8 cm³/mol.